The molecule has 1 N–H and O–H groups in total. The summed E-state index contributed by atoms with van der Waals surface area (Å²) in [7, 11) is 0. The first-order valence-corrected chi connectivity index (χ1v) is 5.20. The van der Waals surface area contributed by atoms with E-state index in [0.29, 0.717) is 11.8 Å². The molecular formula is C10H17N3. The molecule has 0 bridgehead atoms. The zero-order valence-electron chi connectivity index (χ0n) is 8.38. The highest BCUT2D eigenvalue weighted by molar-refractivity contribution is 5.05. The third-order valence-electron chi connectivity index (χ3n) is 2.73. The van der Waals surface area contributed by atoms with Crippen LogP contribution in [-0.4, -0.2) is 15.2 Å². The maximum absolute atomic E-state index is 4.49. The number of aromatic amines is 1. The third kappa shape index (κ3) is 2.08. The van der Waals surface area contributed by atoms with Gasteiger partial charge < -0.3 is 0 Å². The number of hydrogen-bond acceptors (Lipinski definition) is 2. The molecule has 3 nitrogen and oxygen atoms in total. The van der Waals surface area contributed by atoms with E-state index in [1.165, 1.54) is 19.3 Å². The van der Waals surface area contributed by atoms with Crippen molar-refractivity contribution in [3.63, 3.8) is 0 Å². The lowest BCUT2D eigenvalue weighted by Crippen LogP contribution is -1.99. The van der Waals surface area contributed by atoms with E-state index in [9.17, 15) is 0 Å². The Morgan fingerprint density at radius 1 is 1.54 bits per heavy atom. The van der Waals surface area contributed by atoms with Crippen LogP contribution >= 0.6 is 0 Å². The molecule has 1 aromatic heterocycles. The Morgan fingerprint density at radius 2 is 2.31 bits per heavy atom. The average Bonchev–Trinajstić information content (AvgIpc) is 2.88. The Morgan fingerprint density at radius 3 is 2.92 bits per heavy atom. The first-order chi connectivity index (χ1) is 6.29. The van der Waals surface area contributed by atoms with E-state index in [-0.39, 0.29) is 0 Å². The van der Waals surface area contributed by atoms with E-state index in [0.717, 1.165) is 18.1 Å². The summed E-state index contributed by atoms with van der Waals surface area (Å²) >= 11 is 0. The summed E-state index contributed by atoms with van der Waals surface area (Å²) in [5, 5.41) is 7.26. The molecule has 0 amide bonds. The molecular weight excluding hydrogens is 162 g/mol. The van der Waals surface area contributed by atoms with Gasteiger partial charge >= 0.3 is 0 Å². The van der Waals surface area contributed by atoms with Gasteiger partial charge in [-0.05, 0) is 18.8 Å². The number of hydrogen-bond donors (Lipinski definition) is 1. The van der Waals surface area contributed by atoms with Crippen LogP contribution in [-0.2, 0) is 6.42 Å². The molecule has 1 aliphatic carbocycles. The maximum Gasteiger partial charge on any atom is 0.153 e. The molecule has 0 spiro atoms. The normalized spacial score (nSPS) is 18.9. The molecule has 2 rings (SSSR count). The first kappa shape index (κ1) is 8.73. The van der Waals surface area contributed by atoms with Crippen LogP contribution in [0.5, 0.6) is 0 Å². The third-order valence-corrected chi connectivity index (χ3v) is 2.73. The summed E-state index contributed by atoms with van der Waals surface area (Å²) in [5.74, 6) is 3.48. The van der Waals surface area contributed by atoms with E-state index in [2.05, 4.69) is 29.0 Å². The van der Waals surface area contributed by atoms with Crippen molar-refractivity contribution in [3.8, 4) is 0 Å². The highest BCUT2D eigenvalue weighted by Crippen LogP contribution is 2.37. The van der Waals surface area contributed by atoms with Gasteiger partial charge in [0.1, 0.15) is 5.82 Å². The SMILES string of the molecule is CCC(C)Cc1nc(C2CC2)n[nH]1. The second-order valence-corrected chi connectivity index (χ2v) is 4.13. The summed E-state index contributed by atoms with van der Waals surface area (Å²) in [6, 6.07) is 0. The number of aromatic nitrogens is 3. The van der Waals surface area contributed by atoms with Crippen molar-refractivity contribution in [2.75, 3.05) is 0 Å². The fourth-order valence-corrected chi connectivity index (χ4v) is 1.40. The number of rotatable bonds is 4. The molecule has 1 unspecified atom stereocenters. The van der Waals surface area contributed by atoms with Crippen LogP contribution < -0.4 is 0 Å². The van der Waals surface area contributed by atoms with Crippen LogP contribution in [0.3, 0.4) is 0 Å². The molecule has 1 heterocycles. The molecule has 1 fully saturated rings. The quantitative estimate of drug-likeness (QED) is 0.770. The van der Waals surface area contributed by atoms with Crippen LogP contribution in [0.4, 0.5) is 0 Å². The van der Waals surface area contributed by atoms with Crippen molar-refractivity contribution < 1.29 is 0 Å². The smallest absolute Gasteiger partial charge is 0.153 e. The Labute approximate surface area is 79.0 Å². The van der Waals surface area contributed by atoms with Crippen LogP contribution in [0, 0.1) is 5.92 Å². The van der Waals surface area contributed by atoms with Crippen molar-refractivity contribution >= 4 is 0 Å². The highest BCUT2D eigenvalue weighted by atomic mass is 15.2. The lowest BCUT2D eigenvalue weighted by molar-refractivity contribution is 0.544. The van der Waals surface area contributed by atoms with Crippen molar-refractivity contribution in [1.29, 1.82) is 0 Å². The van der Waals surface area contributed by atoms with Crippen LogP contribution in [0.2, 0.25) is 0 Å². The Bertz CT molecular complexity index is 275. The van der Waals surface area contributed by atoms with Gasteiger partial charge in [0.25, 0.3) is 0 Å². The predicted molar refractivity (Wildman–Crippen MR) is 51.5 cm³/mol. The van der Waals surface area contributed by atoms with Gasteiger partial charge in [-0.1, -0.05) is 20.3 Å². The van der Waals surface area contributed by atoms with Crippen LogP contribution in [0.15, 0.2) is 0 Å². The van der Waals surface area contributed by atoms with Gasteiger partial charge in [-0.15, -0.1) is 0 Å². The van der Waals surface area contributed by atoms with E-state index in [4.69, 9.17) is 0 Å². The van der Waals surface area contributed by atoms with E-state index in [1.54, 1.807) is 0 Å². The lowest BCUT2D eigenvalue weighted by atomic mass is 10.1. The summed E-state index contributed by atoms with van der Waals surface area (Å²) in [4.78, 5) is 4.49. The topological polar surface area (TPSA) is 41.6 Å². The van der Waals surface area contributed by atoms with Crippen molar-refractivity contribution in [2.45, 2.75) is 45.4 Å². The van der Waals surface area contributed by atoms with Crippen LogP contribution in [0.1, 0.15) is 50.7 Å². The Kier molecular flexibility index (Phi) is 2.34. The molecule has 0 saturated heterocycles. The lowest BCUT2D eigenvalue weighted by Gasteiger charge is -2.03. The van der Waals surface area contributed by atoms with Crippen molar-refractivity contribution in [1.82, 2.24) is 15.2 Å². The molecule has 3 heteroatoms. The molecule has 13 heavy (non-hydrogen) atoms. The number of nitrogens with zero attached hydrogens (tertiary/aromatic N) is 2. The summed E-state index contributed by atoms with van der Waals surface area (Å²) in [6.07, 6.45) is 4.80. The molecule has 1 saturated carbocycles. The van der Waals surface area contributed by atoms with Gasteiger partial charge in [0, 0.05) is 12.3 Å². The second kappa shape index (κ2) is 3.48. The Hall–Kier alpha value is -0.860. The van der Waals surface area contributed by atoms with Gasteiger partial charge in [0.05, 0.1) is 0 Å². The number of H-pyrrole nitrogens is 1. The average molecular weight is 179 g/mol. The molecule has 0 radical (unpaired) electrons. The largest absolute Gasteiger partial charge is 0.263 e. The summed E-state index contributed by atoms with van der Waals surface area (Å²) in [6.45, 7) is 4.46. The minimum absolute atomic E-state index is 0.668. The van der Waals surface area contributed by atoms with Gasteiger partial charge in [-0.25, -0.2) is 4.98 Å². The fraction of sp³-hybridized carbons (Fsp3) is 0.800. The van der Waals surface area contributed by atoms with E-state index < -0.39 is 0 Å². The highest BCUT2D eigenvalue weighted by Gasteiger charge is 2.27. The van der Waals surface area contributed by atoms with E-state index in [1.807, 2.05) is 0 Å². The van der Waals surface area contributed by atoms with Gasteiger partial charge in [-0.2, -0.15) is 5.10 Å². The molecule has 1 aromatic rings. The second-order valence-electron chi connectivity index (χ2n) is 4.13. The Balaban J connectivity index is 1.96. The minimum atomic E-state index is 0.668. The fourth-order valence-electron chi connectivity index (χ4n) is 1.40. The van der Waals surface area contributed by atoms with Crippen LogP contribution in [0.25, 0.3) is 0 Å². The van der Waals surface area contributed by atoms with Gasteiger partial charge in [0.15, 0.2) is 5.82 Å². The predicted octanol–water partition coefficient (Wildman–Crippen LogP) is 2.27. The first-order valence-electron chi connectivity index (χ1n) is 5.20. The van der Waals surface area contributed by atoms with E-state index >= 15 is 0 Å². The molecule has 0 aliphatic heterocycles. The molecule has 1 aliphatic rings. The van der Waals surface area contributed by atoms with Crippen molar-refractivity contribution in [2.24, 2.45) is 5.92 Å². The summed E-state index contributed by atoms with van der Waals surface area (Å²) in [5.41, 5.74) is 0. The van der Waals surface area contributed by atoms with Gasteiger partial charge in [0.2, 0.25) is 0 Å². The minimum Gasteiger partial charge on any atom is -0.263 e. The zero-order chi connectivity index (χ0) is 9.26. The standard InChI is InChI=1S/C10H17N3/c1-3-7(2)6-9-11-10(13-12-9)8-4-5-8/h7-8H,3-6H2,1-2H3,(H,11,12,13). The summed E-state index contributed by atoms with van der Waals surface area (Å²) < 4.78 is 0. The van der Waals surface area contributed by atoms with Gasteiger partial charge in [-0.3, -0.25) is 5.10 Å². The number of nitrogens with one attached hydrogen (secondary N) is 1. The monoisotopic (exact) mass is 179 g/mol. The molecule has 1 atom stereocenters. The van der Waals surface area contributed by atoms with Crippen molar-refractivity contribution in [3.05, 3.63) is 11.6 Å². The maximum atomic E-state index is 4.49. The molecule has 72 valence electrons. The zero-order valence-corrected chi connectivity index (χ0v) is 8.38. The molecule has 0 aromatic carbocycles.